The molecule has 0 radical (unpaired) electrons. The molecule has 0 saturated heterocycles. The maximum absolute atomic E-state index is 11.8. The normalized spacial score (nSPS) is 10.3. The molecule has 0 unspecified atom stereocenters. The zero-order chi connectivity index (χ0) is 14.4. The number of hydrogen-bond acceptors (Lipinski definition) is 4. The Kier molecular flexibility index (Phi) is 4.76. The van der Waals surface area contributed by atoms with Gasteiger partial charge in [0.25, 0.3) is 5.91 Å². The molecule has 0 aliphatic heterocycles. The molecule has 1 heterocycles. The molecular formula is C15H18N2O3. The first-order chi connectivity index (χ1) is 9.69. The van der Waals surface area contributed by atoms with E-state index in [0.29, 0.717) is 18.0 Å². The number of unbranched alkanes of at least 4 members (excludes halogenated alkanes) is 1. The van der Waals surface area contributed by atoms with Crippen molar-refractivity contribution in [2.45, 2.75) is 26.7 Å². The minimum Gasteiger partial charge on any atom is -0.494 e. The lowest BCUT2D eigenvalue weighted by atomic mass is 10.3. The highest BCUT2D eigenvalue weighted by Crippen LogP contribution is 2.17. The van der Waals surface area contributed by atoms with Crippen molar-refractivity contribution in [1.82, 2.24) is 5.16 Å². The summed E-state index contributed by atoms with van der Waals surface area (Å²) in [7, 11) is 0. The van der Waals surface area contributed by atoms with E-state index in [1.807, 2.05) is 12.1 Å². The Morgan fingerprint density at radius 1 is 1.35 bits per heavy atom. The van der Waals surface area contributed by atoms with E-state index in [9.17, 15) is 4.79 Å². The summed E-state index contributed by atoms with van der Waals surface area (Å²) >= 11 is 0. The highest BCUT2D eigenvalue weighted by molar-refractivity contribution is 6.02. The lowest BCUT2D eigenvalue weighted by Gasteiger charge is -2.07. The van der Waals surface area contributed by atoms with Gasteiger partial charge in [-0.25, -0.2) is 0 Å². The number of ether oxygens (including phenoxy) is 1. The number of amides is 1. The number of aromatic nitrogens is 1. The van der Waals surface area contributed by atoms with Crippen LogP contribution in [-0.2, 0) is 0 Å². The van der Waals surface area contributed by atoms with E-state index in [2.05, 4.69) is 17.4 Å². The van der Waals surface area contributed by atoms with E-state index in [4.69, 9.17) is 9.26 Å². The van der Waals surface area contributed by atoms with Gasteiger partial charge in [0.15, 0.2) is 0 Å². The molecule has 0 atom stereocenters. The highest BCUT2D eigenvalue weighted by Gasteiger charge is 2.11. The maximum Gasteiger partial charge on any atom is 0.294 e. The average Bonchev–Trinajstić information content (AvgIpc) is 2.88. The van der Waals surface area contributed by atoms with Gasteiger partial charge in [-0.05, 0) is 37.6 Å². The van der Waals surface area contributed by atoms with Crippen LogP contribution in [0.1, 0.15) is 36.0 Å². The van der Waals surface area contributed by atoms with E-state index in [1.54, 1.807) is 25.1 Å². The van der Waals surface area contributed by atoms with Crippen LogP contribution in [0, 0.1) is 6.92 Å². The molecule has 0 aliphatic rings. The van der Waals surface area contributed by atoms with Crippen molar-refractivity contribution in [1.29, 1.82) is 0 Å². The molecule has 5 nitrogen and oxygen atoms in total. The van der Waals surface area contributed by atoms with Crippen molar-refractivity contribution in [3.05, 3.63) is 41.8 Å². The Labute approximate surface area is 117 Å². The number of anilines is 1. The molecule has 0 aliphatic carbocycles. The topological polar surface area (TPSA) is 64.4 Å². The van der Waals surface area contributed by atoms with E-state index >= 15 is 0 Å². The minimum absolute atomic E-state index is 0.200. The smallest absolute Gasteiger partial charge is 0.294 e. The van der Waals surface area contributed by atoms with Crippen LogP contribution in [0.25, 0.3) is 0 Å². The number of rotatable bonds is 6. The zero-order valence-electron chi connectivity index (χ0n) is 11.7. The molecule has 0 fully saturated rings. The molecule has 0 bridgehead atoms. The van der Waals surface area contributed by atoms with Crippen LogP contribution < -0.4 is 10.1 Å². The summed E-state index contributed by atoms with van der Waals surface area (Å²) in [5.74, 6) is 0.683. The fourth-order valence-electron chi connectivity index (χ4n) is 1.63. The van der Waals surface area contributed by atoms with Crippen LogP contribution >= 0.6 is 0 Å². The Morgan fingerprint density at radius 2 is 2.10 bits per heavy atom. The first kappa shape index (κ1) is 14.1. The number of benzene rings is 1. The van der Waals surface area contributed by atoms with Gasteiger partial charge in [-0.15, -0.1) is 0 Å². The summed E-state index contributed by atoms with van der Waals surface area (Å²) in [6.45, 7) is 4.59. The standard InChI is InChI=1S/C15H18N2O3/c1-3-4-9-19-13-7-5-12(6-8-13)16-15(18)14-10-11(2)17-20-14/h5-8,10H,3-4,9H2,1-2H3,(H,16,18). The summed E-state index contributed by atoms with van der Waals surface area (Å²) < 4.78 is 10.5. The lowest BCUT2D eigenvalue weighted by Crippen LogP contribution is -2.10. The summed E-state index contributed by atoms with van der Waals surface area (Å²) in [5, 5.41) is 6.42. The van der Waals surface area contributed by atoms with Crippen molar-refractivity contribution in [2.24, 2.45) is 0 Å². The Morgan fingerprint density at radius 3 is 2.70 bits per heavy atom. The molecule has 5 heteroatoms. The van der Waals surface area contributed by atoms with Crippen LogP contribution in [0.3, 0.4) is 0 Å². The number of carbonyl (C=O) groups is 1. The Bertz CT molecular complexity index is 561. The second-order valence-corrected chi connectivity index (χ2v) is 4.51. The lowest BCUT2D eigenvalue weighted by molar-refractivity contribution is 0.0988. The molecule has 2 rings (SSSR count). The number of hydrogen-bond donors (Lipinski definition) is 1. The van der Waals surface area contributed by atoms with Gasteiger partial charge in [0, 0.05) is 11.8 Å². The fraction of sp³-hybridized carbons (Fsp3) is 0.333. The van der Waals surface area contributed by atoms with Crippen LogP contribution in [0.5, 0.6) is 5.75 Å². The van der Waals surface area contributed by atoms with Crippen molar-refractivity contribution in [3.63, 3.8) is 0 Å². The Hall–Kier alpha value is -2.30. The predicted octanol–water partition coefficient (Wildman–Crippen LogP) is 3.41. The van der Waals surface area contributed by atoms with Crippen molar-refractivity contribution in [2.75, 3.05) is 11.9 Å². The van der Waals surface area contributed by atoms with Gasteiger partial charge < -0.3 is 14.6 Å². The molecule has 20 heavy (non-hydrogen) atoms. The second kappa shape index (κ2) is 6.75. The summed E-state index contributed by atoms with van der Waals surface area (Å²) in [4.78, 5) is 11.8. The summed E-state index contributed by atoms with van der Waals surface area (Å²) in [6, 6.07) is 8.84. The highest BCUT2D eigenvalue weighted by atomic mass is 16.5. The average molecular weight is 274 g/mol. The van der Waals surface area contributed by atoms with Crippen LogP contribution in [-0.4, -0.2) is 17.7 Å². The van der Waals surface area contributed by atoms with E-state index in [0.717, 1.165) is 18.6 Å². The molecule has 0 spiro atoms. The van der Waals surface area contributed by atoms with Crippen molar-refractivity contribution in [3.8, 4) is 5.75 Å². The van der Waals surface area contributed by atoms with Gasteiger partial charge in [-0.2, -0.15) is 0 Å². The van der Waals surface area contributed by atoms with Gasteiger partial charge in [0.1, 0.15) is 5.75 Å². The van der Waals surface area contributed by atoms with E-state index in [1.165, 1.54) is 0 Å². The molecule has 106 valence electrons. The zero-order valence-corrected chi connectivity index (χ0v) is 11.7. The van der Waals surface area contributed by atoms with Crippen LogP contribution in [0.2, 0.25) is 0 Å². The summed E-state index contributed by atoms with van der Waals surface area (Å²) in [5.41, 5.74) is 1.36. The molecule has 1 N–H and O–H groups in total. The van der Waals surface area contributed by atoms with Crippen molar-refractivity contribution < 1.29 is 14.1 Å². The van der Waals surface area contributed by atoms with E-state index in [-0.39, 0.29) is 11.7 Å². The minimum atomic E-state index is -0.315. The van der Waals surface area contributed by atoms with Gasteiger partial charge in [-0.1, -0.05) is 18.5 Å². The van der Waals surface area contributed by atoms with Gasteiger partial charge in [-0.3, -0.25) is 4.79 Å². The van der Waals surface area contributed by atoms with Crippen LogP contribution in [0.4, 0.5) is 5.69 Å². The predicted molar refractivity (Wildman–Crippen MR) is 76.0 cm³/mol. The molecule has 1 amide bonds. The number of carbonyl (C=O) groups excluding carboxylic acids is 1. The van der Waals surface area contributed by atoms with Crippen LogP contribution in [0.15, 0.2) is 34.9 Å². The van der Waals surface area contributed by atoms with Gasteiger partial charge >= 0.3 is 0 Å². The summed E-state index contributed by atoms with van der Waals surface area (Å²) in [6.07, 6.45) is 2.13. The van der Waals surface area contributed by atoms with E-state index < -0.39 is 0 Å². The molecule has 1 aromatic carbocycles. The largest absolute Gasteiger partial charge is 0.494 e. The Balaban J connectivity index is 1.91. The quantitative estimate of drug-likeness (QED) is 0.820. The second-order valence-electron chi connectivity index (χ2n) is 4.51. The monoisotopic (exact) mass is 274 g/mol. The van der Waals surface area contributed by atoms with Gasteiger partial charge in [0.2, 0.25) is 5.76 Å². The molecule has 1 aromatic heterocycles. The van der Waals surface area contributed by atoms with Crippen molar-refractivity contribution >= 4 is 11.6 Å². The maximum atomic E-state index is 11.8. The third-order valence-corrected chi connectivity index (χ3v) is 2.73. The molecular weight excluding hydrogens is 256 g/mol. The first-order valence-electron chi connectivity index (χ1n) is 6.66. The SMILES string of the molecule is CCCCOc1ccc(NC(=O)c2cc(C)no2)cc1. The fourth-order valence-corrected chi connectivity index (χ4v) is 1.63. The molecule has 2 aromatic rings. The van der Waals surface area contributed by atoms with Gasteiger partial charge in [0.05, 0.1) is 12.3 Å². The number of nitrogens with one attached hydrogen (secondary N) is 1. The third-order valence-electron chi connectivity index (χ3n) is 2.73. The number of nitrogens with zero attached hydrogens (tertiary/aromatic N) is 1. The number of aryl methyl sites for hydroxylation is 1. The third kappa shape index (κ3) is 3.85. The first-order valence-corrected chi connectivity index (χ1v) is 6.66. The molecule has 0 saturated carbocycles.